The summed E-state index contributed by atoms with van der Waals surface area (Å²) < 4.78 is 1.52. The first-order valence-corrected chi connectivity index (χ1v) is 7.92. The highest BCUT2D eigenvalue weighted by Crippen LogP contribution is 2.11. The van der Waals surface area contributed by atoms with Gasteiger partial charge in [0.2, 0.25) is 0 Å². The molecular formula is C19H19N3O2. The summed E-state index contributed by atoms with van der Waals surface area (Å²) in [6.07, 6.45) is 1.64. The maximum Gasteiger partial charge on any atom is 0.265 e. The SMILES string of the molecule is CCn1c(=O)c(C(=O)NCc2ccc(C)cc2)cc2cccnc21. The summed E-state index contributed by atoms with van der Waals surface area (Å²) in [7, 11) is 0. The minimum atomic E-state index is -0.367. The van der Waals surface area contributed by atoms with Gasteiger partial charge in [-0.05, 0) is 37.6 Å². The Kier molecular flexibility index (Phi) is 4.42. The number of hydrogen-bond donors (Lipinski definition) is 1. The van der Waals surface area contributed by atoms with Crippen molar-refractivity contribution < 1.29 is 4.79 Å². The lowest BCUT2D eigenvalue weighted by atomic mass is 10.1. The van der Waals surface area contributed by atoms with Crippen LogP contribution in [-0.2, 0) is 13.1 Å². The van der Waals surface area contributed by atoms with E-state index in [1.54, 1.807) is 18.3 Å². The zero-order valence-electron chi connectivity index (χ0n) is 13.7. The molecule has 0 aliphatic rings. The van der Waals surface area contributed by atoms with Crippen molar-refractivity contribution >= 4 is 16.9 Å². The van der Waals surface area contributed by atoms with Crippen molar-refractivity contribution in [2.75, 3.05) is 0 Å². The summed E-state index contributed by atoms with van der Waals surface area (Å²) in [5.74, 6) is -0.367. The highest BCUT2D eigenvalue weighted by atomic mass is 16.2. The molecule has 0 aliphatic heterocycles. The first kappa shape index (κ1) is 15.9. The molecule has 2 aromatic heterocycles. The molecule has 0 aliphatic carbocycles. The molecule has 0 saturated carbocycles. The number of hydrogen-bond acceptors (Lipinski definition) is 3. The molecule has 0 spiro atoms. The molecule has 5 heteroatoms. The van der Waals surface area contributed by atoms with E-state index in [0.717, 1.165) is 16.5 Å². The maximum absolute atomic E-state index is 12.6. The van der Waals surface area contributed by atoms with Crippen molar-refractivity contribution in [1.29, 1.82) is 0 Å². The topological polar surface area (TPSA) is 64.0 Å². The van der Waals surface area contributed by atoms with Crippen LogP contribution < -0.4 is 10.9 Å². The van der Waals surface area contributed by atoms with Gasteiger partial charge in [0.15, 0.2) is 0 Å². The van der Waals surface area contributed by atoms with Gasteiger partial charge in [-0.2, -0.15) is 0 Å². The normalized spacial score (nSPS) is 10.8. The van der Waals surface area contributed by atoms with Crippen LogP contribution in [0, 0.1) is 6.92 Å². The van der Waals surface area contributed by atoms with E-state index >= 15 is 0 Å². The third kappa shape index (κ3) is 3.06. The molecule has 0 radical (unpaired) electrons. The molecule has 3 rings (SSSR count). The molecule has 5 nitrogen and oxygen atoms in total. The Morgan fingerprint density at radius 3 is 2.67 bits per heavy atom. The van der Waals surface area contributed by atoms with Crippen LogP contribution in [0.25, 0.3) is 11.0 Å². The summed E-state index contributed by atoms with van der Waals surface area (Å²) >= 11 is 0. The van der Waals surface area contributed by atoms with Gasteiger partial charge in [-0.3, -0.25) is 14.2 Å². The Morgan fingerprint density at radius 1 is 1.21 bits per heavy atom. The molecule has 0 unspecified atom stereocenters. The summed E-state index contributed by atoms with van der Waals surface area (Å²) in [6, 6.07) is 13.2. The number of pyridine rings is 2. The van der Waals surface area contributed by atoms with Gasteiger partial charge in [-0.25, -0.2) is 4.98 Å². The average molecular weight is 321 g/mol. The van der Waals surface area contributed by atoms with E-state index in [0.29, 0.717) is 18.7 Å². The second-order valence-corrected chi connectivity index (χ2v) is 5.69. The van der Waals surface area contributed by atoms with Crippen LogP contribution in [0.15, 0.2) is 53.5 Å². The van der Waals surface area contributed by atoms with E-state index in [1.807, 2.05) is 44.2 Å². The molecule has 0 fully saturated rings. The number of rotatable bonds is 4. The fourth-order valence-electron chi connectivity index (χ4n) is 2.65. The predicted octanol–water partition coefficient (Wildman–Crippen LogP) is 2.65. The minimum absolute atomic E-state index is 0.143. The van der Waals surface area contributed by atoms with Crippen LogP contribution in [0.1, 0.15) is 28.4 Å². The summed E-state index contributed by atoms with van der Waals surface area (Å²) in [5.41, 5.74) is 2.58. The van der Waals surface area contributed by atoms with E-state index in [9.17, 15) is 9.59 Å². The number of nitrogens with one attached hydrogen (secondary N) is 1. The Bertz CT molecular complexity index is 943. The minimum Gasteiger partial charge on any atom is -0.348 e. The van der Waals surface area contributed by atoms with E-state index < -0.39 is 0 Å². The Labute approximate surface area is 140 Å². The van der Waals surface area contributed by atoms with Gasteiger partial charge < -0.3 is 5.32 Å². The number of fused-ring (bicyclic) bond motifs is 1. The lowest BCUT2D eigenvalue weighted by Gasteiger charge is -2.10. The Hall–Kier alpha value is -2.95. The number of amides is 1. The van der Waals surface area contributed by atoms with Gasteiger partial charge in [-0.1, -0.05) is 29.8 Å². The van der Waals surface area contributed by atoms with Crippen LogP contribution in [-0.4, -0.2) is 15.5 Å². The molecular weight excluding hydrogens is 302 g/mol. The summed E-state index contributed by atoms with van der Waals surface area (Å²) in [5, 5.41) is 3.60. The second-order valence-electron chi connectivity index (χ2n) is 5.69. The zero-order valence-corrected chi connectivity index (χ0v) is 13.7. The highest BCUT2D eigenvalue weighted by Gasteiger charge is 2.15. The third-order valence-corrected chi connectivity index (χ3v) is 3.98. The van der Waals surface area contributed by atoms with Gasteiger partial charge in [0.25, 0.3) is 11.5 Å². The van der Waals surface area contributed by atoms with Crippen LogP contribution in [0.2, 0.25) is 0 Å². The molecule has 1 aromatic carbocycles. The molecule has 2 heterocycles. The van der Waals surface area contributed by atoms with Crippen molar-refractivity contribution in [3.8, 4) is 0 Å². The number of aromatic nitrogens is 2. The molecule has 0 saturated heterocycles. The molecule has 3 aromatic rings. The number of nitrogens with zero attached hydrogens (tertiary/aromatic N) is 2. The highest BCUT2D eigenvalue weighted by molar-refractivity contribution is 5.96. The number of carbonyl (C=O) groups excluding carboxylic acids is 1. The lowest BCUT2D eigenvalue weighted by molar-refractivity contribution is 0.0949. The maximum atomic E-state index is 12.6. The number of benzene rings is 1. The molecule has 0 atom stereocenters. The smallest absolute Gasteiger partial charge is 0.265 e. The van der Waals surface area contributed by atoms with Crippen molar-refractivity contribution in [3.05, 3.63) is 75.7 Å². The third-order valence-electron chi connectivity index (χ3n) is 3.98. The standard InChI is InChI=1S/C19H19N3O2/c1-3-22-17-15(5-4-10-20-17)11-16(19(22)24)18(23)21-12-14-8-6-13(2)7-9-14/h4-11H,3,12H2,1-2H3,(H,21,23). The van der Waals surface area contributed by atoms with Crippen LogP contribution >= 0.6 is 0 Å². The van der Waals surface area contributed by atoms with Gasteiger partial charge in [-0.15, -0.1) is 0 Å². The van der Waals surface area contributed by atoms with Gasteiger partial charge in [0.05, 0.1) is 0 Å². The summed E-state index contributed by atoms with van der Waals surface area (Å²) in [6.45, 7) is 4.73. The number of aryl methyl sites for hydroxylation is 2. The van der Waals surface area contributed by atoms with E-state index in [2.05, 4.69) is 10.3 Å². The van der Waals surface area contributed by atoms with Crippen molar-refractivity contribution in [1.82, 2.24) is 14.9 Å². The van der Waals surface area contributed by atoms with Gasteiger partial charge >= 0.3 is 0 Å². The largest absolute Gasteiger partial charge is 0.348 e. The molecule has 0 bridgehead atoms. The Balaban J connectivity index is 1.90. The molecule has 24 heavy (non-hydrogen) atoms. The van der Waals surface area contributed by atoms with E-state index in [1.165, 1.54) is 4.57 Å². The van der Waals surface area contributed by atoms with Crippen LogP contribution in [0.4, 0.5) is 0 Å². The predicted molar refractivity (Wildman–Crippen MR) is 94.0 cm³/mol. The zero-order chi connectivity index (χ0) is 17.1. The Morgan fingerprint density at radius 2 is 1.96 bits per heavy atom. The van der Waals surface area contributed by atoms with Crippen molar-refractivity contribution in [3.63, 3.8) is 0 Å². The van der Waals surface area contributed by atoms with E-state index in [-0.39, 0.29) is 17.0 Å². The monoisotopic (exact) mass is 321 g/mol. The summed E-state index contributed by atoms with van der Waals surface area (Å²) in [4.78, 5) is 29.3. The first-order chi connectivity index (χ1) is 11.6. The average Bonchev–Trinajstić information content (AvgIpc) is 2.60. The van der Waals surface area contributed by atoms with Gasteiger partial charge in [0.1, 0.15) is 11.2 Å². The van der Waals surface area contributed by atoms with Crippen molar-refractivity contribution in [2.45, 2.75) is 26.9 Å². The van der Waals surface area contributed by atoms with E-state index in [4.69, 9.17) is 0 Å². The molecule has 1 N–H and O–H groups in total. The van der Waals surface area contributed by atoms with Crippen LogP contribution in [0.3, 0.4) is 0 Å². The quantitative estimate of drug-likeness (QED) is 0.803. The first-order valence-electron chi connectivity index (χ1n) is 7.92. The van der Waals surface area contributed by atoms with Crippen molar-refractivity contribution in [2.24, 2.45) is 0 Å². The lowest BCUT2D eigenvalue weighted by Crippen LogP contribution is -2.33. The fraction of sp³-hybridized carbons (Fsp3) is 0.211. The number of carbonyl (C=O) groups is 1. The fourth-order valence-corrected chi connectivity index (χ4v) is 2.65. The second kappa shape index (κ2) is 6.66. The molecule has 122 valence electrons. The van der Waals surface area contributed by atoms with Gasteiger partial charge in [0, 0.05) is 24.7 Å². The molecule has 1 amide bonds. The van der Waals surface area contributed by atoms with Crippen LogP contribution in [0.5, 0.6) is 0 Å².